The summed E-state index contributed by atoms with van der Waals surface area (Å²) in [5, 5.41) is 0.103. The van der Waals surface area contributed by atoms with E-state index in [2.05, 4.69) is 0 Å². The number of ether oxygens (including phenoxy) is 1. The normalized spacial score (nSPS) is 11.3. The van der Waals surface area contributed by atoms with Crippen molar-refractivity contribution in [1.82, 2.24) is 0 Å². The Morgan fingerprint density at radius 2 is 2.00 bits per heavy atom. The predicted molar refractivity (Wildman–Crippen MR) is 61.8 cm³/mol. The van der Waals surface area contributed by atoms with Crippen LogP contribution in [0.2, 0.25) is 5.02 Å². The van der Waals surface area contributed by atoms with Gasteiger partial charge in [-0.2, -0.15) is 0 Å². The number of carbonyl (C=O) groups excluding carboxylic acids is 1. The van der Waals surface area contributed by atoms with Crippen molar-refractivity contribution in [3.05, 3.63) is 28.8 Å². The Bertz CT molecular complexity index is 386. The summed E-state index contributed by atoms with van der Waals surface area (Å²) in [7, 11) is 0. The Kier molecular flexibility index (Phi) is 3.63. The van der Waals surface area contributed by atoms with E-state index in [0.29, 0.717) is 10.8 Å². The third-order valence-corrected chi connectivity index (χ3v) is 2.67. The van der Waals surface area contributed by atoms with E-state index < -0.39 is 10.8 Å². The van der Waals surface area contributed by atoms with Gasteiger partial charge in [0.25, 0.3) is 5.24 Å². The smallest absolute Gasteiger partial charge is 0.264 e. The van der Waals surface area contributed by atoms with E-state index >= 15 is 0 Å². The minimum Gasteiger partial charge on any atom is -0.478 e. The van der Waals surface area contributed by atoms with Crippen LogP contribution in [-0.4, -0.2) is 10.8 Å². The highest BCUT2D eigenvalue weighted by Crippen LogP contribution is 2.26. The van der Waals surface area contributed by atoms with E-state index in [0.717, 1.165) is 5.56 Å². The number of carbonyl (C=O) groups is 1. The molecule has 2 nitrogen and oxygen atoms in total. The molecule has 0 amide bonds. The summed E-state index contributed by atoms with van der Waals surface area (Å²) in [6.45, 7) is 5.10. The van der Waals surface area contributed by atoms with Crippen LogP contribution >= 0.6 is 23.2 Å². The van der Waals surface area contributed by atoms with Crippen LogP contribution in [0.1, 0.15) is 19.4 Å². The number of benzene rings is 1. The fraction of sp³-hybridized carbons (Fsp3) is 0.364. The zero-order valence-corrected chi connectivity index (χ0v) is 10.3. The van der Waals surface area contributed by atoms with Gasteiger partial charge in [0.15, 0.2) is 5.60 Å². The fourth-order valence-electron chi connectivity index (χ4n) is 1.04. The first-order valence-corrected chi connectivity index (χ1v) is 5.23. The van der Waals surface area contributed by atoms with E-state index in [4.69, 9.17) is 27.9 Å². The molecule has 0 aromatic heterocycles. The SMILES string of the molecule is Cc1cc(Cl)ccc1OC(C)(C)C(=O)Cl. The van der Waals surface area contributed by atoms with Gasteiger partial charge in [-0.05, 0) is 56.1 Å². The highest BCUT2D eigenvalue weighted by molar-refractivity contribution is 6.65. The maximum Gasteiger partial charge on any atom is 0.264 e. The summed E-state index contributed by atoms with van der Waals surface area (Å²) in [5.41, 5.74) is -0.159. The third kappa shape index (κ3) is 3.11. The first-order chi connectivity index (χ1) is 6.83. The van der Waals surface area contributed by atoms with Crippen molar-refractivity contribution in [2.75, 3.05) is 0 Å². The van der Waals surface area contributed by atoms with Gasteiger partial charge in [-0.15, -0.1) is 0 Å². The lowest BCUT2D eigenvalue weighted by Gasteiger charge is -2.23. The maximum absolute atomic E-state index is 11.1. The molecule has 0 aliphatic heterocycles. The second-order valence-electron chi connectivity index (χ2n) is 3.80. The largest absolute Gasteiger partial charge is 0.478 e. The van der Waals surface area contributed by atoms with Gasteiger partial charge in [0, 0.05) is 5.02 Å². The molecule has 0 spiro atoms. The van der Waals surface area contributed by atoms with Crippen LogP contribution in [0.4, 0.5) is 0 Å². The molecule has 1 aromatic carbocycles. The van der Waals surface area contributed by atoms with Crippen LogP contribution in [0.25, 0.3) is 0 Å². The second-order valence-corrected chi connectivity index (χ2v) is 4.58. The molecule has 0 fully saturated rings. The first kappa shape index (κ1) is 12.3. The molecular weight excluding hydrogens is 235 g/mol. The Balaban J connectivity index is 2.95. The summed E-state index contributed by atoms with van der Waals surface area (Å²) in [4.78, 5) is 11.1. The van der Waals surface area contributed by atoms with Crippen LogP contribution < -0.4 is 4.74 Å². The molecule has 0 heterocycles. The fourth-order valence-corrected chi connectivity index (χ4v) is 1.31. The minimum atomic E-state index is -1.03. The van der Waals surface area contributed by atoms with Gasteiger partial charge in [0.2, 0.25) is 0 Å². The van der Waals surface area contributed by atoms with Gasteiger partial charge in [0.1, 0.15) is 5.75 Å². The maximum atomic E-state index is 11.1. The van der Waals surface area contributed by atoms with Crippen molar-refractivity contribution in [3.8, 4) is 5.75 Å². The molecule has 15 heavy (non-hydrogen) atoms. The van der Waals surface area contributed by atoms with E-state index in [1.807, 2.05) is 6.92 Å². The van der Waals surface area contributed by atoms with Gasteiger partial charge < -0.3 is 4.74 Å². The molecule has 0 bridgehead atoms. The second kappa shape index (κ2) is 4.42. The highest BCUT2D eigenvalue weighted by atomic mass is 35.5. The lowest BCUT2D eigenvalue weighted by molar-refractivity contribution is -0.123. The van der Waals surface area contributed by atoms with Crippen LogP contribution in [0.15, 0.2) is 18.2 Å². The molecule has 0 radical (unpaired) electrons. The molecule has 0 saturated carbocycles. The van der Waals surface area contributed by atoms with Crippen molar-refractivity contribution in [1.29, 1.82) is 0 Å². The molecule has 1 aromatic rings. The highest BCUT2D eigenvalue weighted by Gasteiger charge is 2.28. The summed E-state index contributed by atoms with van der Waals surface area (Å²) >= 11 is 11.2. The average Bonchev–Trinajstić information content (AvgIpc) is 2.09. The van der Waals surface area contributed by atoms with E-state index in [-0.39, 0.29) is 0 Å². The number of halogens is 2. The van der Waals surface area contributed by atoms with Gasteiger partial charge >= 0.3 is 0 Å². The third-order valence-electron chi connectivity index (χ3n) is 1.98. The lowest BCUT2D eigenvalue weighted by atomic mass is 10.1. The van der Waals surface area contributed by atoms with Crippen LogP contribution in [0.5, 0.6) is 5.75 Å². The topological polar surface area (TPSA) is 26.3 Å². The van der Waals surface area contributed by atoms with Gasteiger partial charge in [-0.3, -0.25) is 4.79 Å². The van der Waals surface area contributed by atoms with E-state index in [9.17, 15) is 4.79 Å². The summed E-state index contributed by atoms with van der Waals surface area (Å²) in [6, 6.07) is 5.20. The van der Waals surface area contributed by atoms with Crippen molar-refractivity contribution in [2.24, 2.45) is 0 Å². The van der Waals surface area contributed by atoms with Gasteiger partial charge in [-0.1, -0.05) is 11.6 Å². The Morgan fingerprint density at radius 3 is 2.47 bits per heavy atom. The molecule has 0 N–H and O–H groups in total. The van der Waals surface area contributed by atoms with E-state index in [1.54, 1.807) is 32.0 Å². The van der Waals surface area contributed by atoms with Crippen molar-refractivity contribution >= 4 is 28.4 Å². The monoisotopic (exact) mass is 246 g/mol. The zero-order valence-electron chi connectivity index (χ0n) is 8.80. The van der Waals surface area contributed by atoms with Crippen LogP contribution in [0.3, 0.4) is 0 Å². The number of rotatable bonds is 3. The Hall–Kier alpha value is -0.730. The van der Waals surface area contributed by atoms with E-state index in [1.165, 1.54) is 0 Å². The Morgan fingerprint density at radius 1 is 1.40 bits per heavy atom. The molecule has 0 atom stereocenters. The van der Waals surface area contributed by atoms with Gasteiger partial charge in [0.05, 0.1) is 0 Å². The summed E-state index contributed by atoms with van der Waals surface area (Å²) in [5.74, 6) is 0.610. The minimum absolute atomic E-state index is 0.531. The molecule has 0 saturated heterocycles. The molecule has 1 rings (SSSR count). The molecule has 0 unspecified atom stereocenters. The summed E-state index contributed by atoms with van der Waals surface area (Å²) < 4.78 is 5.51. The molecular formula is C11H12Cl2O2. The number of hydrogen-bond donors (Lipinski definition) is 0. The average molecular weight is 247 g/mol. The molecule has 0 aliphatic carbocycles. The summed E-state index contributed by atoms with van der Waals surface area (Å²) in [6.07, 6.45) is 0. The van der Waals surface area contributed by atoms with Crippen LogP contribution in [-0.2, 0) is 4.79 Å². The van der Waals surface area contributed by atoms with Crippen molar-refractivity contribution in [2.45, 2.75) is 26.4 Å². The zero-order chi connectivity index (χ0) is 11.6. The quantitative estimate of drug-likeness (QED) is 0.763. The van der Waals surface area contributed by atoms with Crippen molar-refractivity contribution in [3.63, 3.8) is 0 Å². The molecule has 82 valence electrons. The van der Waals surface area contributed by atoms with Crippen molar-refractivity contribution < 1.29 is 9.53 Å². The number of hydrogen-bond acceptors (Lipinski definition) is 2. The lowest BCUT2D eigenvalue weighted by Crippen LogP contribution is -2.35. The standard InChI is InChI=1S/C11H12Cl2O2/c1-7-6-8(12)4-5-9(7)15-11(2,3)10(13)14/h4-6H,1-3H3. The Labute approximate surface area is 99.1 Å². The predicted octanol–water partition coefficient (Wildman–Crippen LogP) is 3.57. The molecule has 4 heteroatoms. The number of aryl methyl sites for hydroxylation is 1. The molecule has 0 aliphatic rings. The van der Waals surface area contributed by atoms with Gasteiger partial charge in [-0.25, -0.2) is 0 Å². The van der Waals surface area contributed by atoms with Crippen LogP contribution in [0, 0.1) is 6.92 Å². The first-order valence-electron chi connectivity index (χ1n) is 4.48.